The molecule has 3 N–H and O–H groups in total. The maximum Gasteiger partial charge on any atom is 0.258 e. The molecule has 1 saturated heterocycles. The number of piperidine rings is 1. The molecule has 2 aromatic rings. The molecule has 120 valence electrons. The molecule has 3 heterocycles. The van der Waals surface area contributed by atoms with Gasteiger partial charge in [0.2, 0.25) is 0 Å². The van der Waals surface area contributed by atoms with E-state index in [1.165, 1.54) is 24.6 Å². The topological polar surface area (TPSA) is 69.8 Å². The average molecular weight is 328 g/mol. The first-order valence-corrected chi connectivity index (χ1v) is 8.98. The van der Waals surface area contributed by atoms with E-state index in [-0.39, 0.29) is 5.91 Å². The minimum absolute atomic E-state index is 0.0150. The maximum atomic E-state index is 12.4. The molecule has 23 heavy (non-hydrogen) atoms. The maximum absolute atomic E-state index is 12.4. The van der Waals surface area contributed by atoms with Crippen LogP contribution in [0.25, 0.3) is 17.0 Å². The van der Waals surface area contributed by atoms with Gasteiger partial charge in [-0.1, -0.05) is 17.8 Å². The van der Waals surface area contributed by atoms with Gasteiger partial charge in [0.15, 0.2) is 0 Å². The second kappa shape index (κ2) is 6.37. The number of aromatic nitrogens is 2. The molecule has 2 aliphatic rings. The Morgan fingerprint density at radius 1 is 1.35 bits per heavy atom. The lowest BCUT2D eigenvalue weighted by Gasteiger charge is -2.22. The first kappa shape index (κ1) is 14.8. The summed E-state index contributed by atoms with van der Waals surface area (Å²) < 4.78 is 0. The normalized spacial score (nSPS) is 18.0. The standard InChI is InChI=1S/C17H20N4OS/c22-17(19-9-6-11-4-7-18-8-5-11)15-10-13-16-12(20-21-13)2-1-3-14(16)23-15/h1-3,10-11,18H,4-9H2,(H,19,22)(H,20,21). The molecule has 5 nitrogen and oxygen atoms in total. The summed E-state index contributed by atoms with van der Waals surface area (Å²) in [6.07, 6.45) is 5.41. The number of carbonyl (C=O) groups is 1. The molecule has 0 saturated carbocycles. The van der Waals surface area contributed by atoms with E-state index >= 15 is 0 Å². The zero-order valence-corrected chi connectivity index (χ0v) is 13.7. The number of H-pyrrole nitrogens is 1. The van der Waals surface area contributed by atoms with Crippen molar-refractivity contribution in [1.29, 1.82) is 0 Å². The summed E-state index contributed by atoms with van der Waals surface area (Å²) in [4.78, 5) is 14.3. The molecule has 1 aromatic carbocycles. The monoisotopic (exact) mass is 328 g/mol. The third-order valence-electron chi connectivity index (χ3n) is 4.59. The number of nitrogens with zero attached hydrogens (tertiary/aromatic N) is 1. The second-order valence-corrected chi connectivity index (χ2v) is 7.22. The molecule has 1 aromatic heterocycles. The molecule has 0 unspecified atom stereocenters. The Morgan fingerprint density at radius 3 is 3.09 bits per heavy atom. The van der Waals surface area contributed by atoms with E-state index in [1.54, 1.807) is 0 Å². The molecule has 1 fully saturated rings. The van der Waals surface area contributed by atoms with Crippen LogP contribution >= 0.6 is 11.8 Å². The van der Waals surface area contributed by atoms with Crippen molar-refractivity contribution >= 4 is 34.6 Å². The van der Waals surface area contributed by atoms with Gasteiger partial charge in [-0.2, -0.15) is 5.10 Å². The zero-order chi connectivity index (χ0) is 15.6. The fraction of sp³-hybridized carbons (Fsp3) is 0.412. The number of thioether (sulfide) groups is 1. The van der Waals surface area contributed by atoms with Crippen molar-refractivity contribution in [2.45, 2.75) is 24.2 Å². The van der Waals surface area contributed by atoms with Crippen LogP contribution in [0.1, 0.15) is 25.0 Å². The molecule has 6 heteroatoms. The molecule has 0 atom stereocenters. The fourth-order valence-electron chi connectivity index (χ4n) is 3.29. The van der Waals surface area contributed by atoms with E-state index in [4.69, 9.17) is 0 Å². The van der Waals surface area contributed by atoms with Crippen LogP contribution in [-0.2, 0) is 4.79 Å². The lowest BCUT2D eigenvalue weighted by molar-refractivity contribution is -0.116. The highest BCUT2D eigenvalue weighted by Crippen LogP contribution is 2.39. The molecule has 0 bridgehead atoms. The van der Waals surface area contributed by atoms with Gasteiger partial charge in [0.25, 0.3) is 5.91 Å². The van der Waals surface area contributed by atoms with Crippen LogP contribution in [0.3, 0.4) is 0 Å². The summed E-state index contributed by atoms with van der Waals surface area (Å²) in [6, 6.07) is 6.01. The number of aromatic amines is 1. The predicted molar refractivity (Wildman–Crippen MR) is 93.1 cm³/mol. The van der Waals surface area contributed by atoms with E-state index in [0.29, 0.717) is 0 Å². The van der Waals surface area contributed by atoms with Crippen molar-refractivity contribution in [2.75, 3.05) is 19.6 Å². The van der Waals surface area contributed by atoms with Crippen molar-refractivity contribution in [3.63, 3.8) is 0 Å². The predicted octanol–water partition coefficient (Wildman–Crippen LogP) is 2.52. The van der Waals surface area contributed by atoms with E-state index < -0.39 is 0 Å². The molecule has 2 aliphatic heterocycles. The van der Waals surface area contributed by atoms with Crippen LogP contribution < -0.4 is 10.6 Å². The highest BCUT2D eigenvalue weighted by atomic mass is 32.2. The van der Waals surface area contributed by atoms with Crippen LogP contribution in [-0.4, -0.2) is 35.7 Å². The van der Waals surface area contributed by atoms with Crippen LogP contribution in [0.5, 0.6) is 0 Å². The summed E-state index contributed by atoms with van der Waals surface area (Å²) >= 11 is 1.53. The molecule has 4 rings (SSSR count). The van der Waals surface area contributed by atoms with Crippen molar-refractivity contribution in [2.24, 2.45) is 5.92 Å². The Kier molecular flexibility index (Phi) is 4.10. The minimum Gasteiger partial charge on any atom is -0.352 e. The minimum atomic E-state index is 0.0150. The third-order valence-corrected chi connectivity index (χ3v) is 5.67. The summed E-state index contributed by atoms with van der Waals surface area (Å²) in [5.41, 5.74) is 1.88. The lowest BCUT2D eigenvalue weighted by Crippen LogP contribution is -2.31. The number of hydrogen-bond donors (Lipinski definition) is 3. The Morgan fingerprint density at radius 2 is 2.22 bits per heavy atom. The third kappa shape index (κ3) is 3.01. The van der Waals surface area contributed by atoms with Crippen molar-refractivity contribution < 1.29 is 4.79 Å². The zero-order valence-electron chi connectivity index (χ0n) is 12.9. The van der Waals surface area contributed by atoms with Crippen LogP contribution in [0.15, 0.2) is 28.0 Å². The van der Waals surface area contributed by atoms with Gasteiger partial charge in [0, 0.05) is 16.8 Å². The lowest BCUT2D eigenvalue weighted by atomic mass is 9.95. The number of hydrogen-bond acceptors (Lipinski definition) is 4. The molecule has 1 amide bonds. The largest absolute Gasteiger partial charge is 0.352 e. The smallest absolute Gasteiger partial charge is 0.258 e. The SMILES string of the molecule is O=C(NCCC1CCNCC1)C1=Cc2[nH]nc3cccc(c23)S1. The number of nitrogens with one attached hydrogen (secondary N) is 3. The number of benzene rings is 1. The van der Waals surface area contributed by atoms with Gasteiger partial charge in [-0.25, -0.2) is 0 Å². The van der Waals surface area contributed by atoms with Gasteiger partial charge in [0.1, 0.15) is 0 Å². The molecule has 0 radical (unpaired) electrons. The van der Waals surface area contributed by atoms with Gasteiger partial charge in [-0.05, 0) is 56.5 Å². The molecule has 0 spiro atoms. The second-order valence-electron chi connectivity index (χ2n) is 6.14. The molecular formula is C17H20N4OS. The number of carbonyl (C=O) groups excluding carboxylic acids is 1. The Bertz CT molecular complexity index is 761. The first-order valence-electron chi connectivity index (χ1n) is 8.17. The summed E-state index contributed by atoms with van der Waals surface area (Å²) in [5, 5.41) is 14.9. The quantitative estimate of drug-likeness (QED) is 0.806. The van der Waals surface area contributed by atoms with Gasteiger partial charge in [-0.3, -0.25) is 9.89 Å². The van der Waals surface area contributed by atoms with Gasteiger partial charge < -0.3 is 10.6 Å². The van der Waals surface area contributed by atoms with E-state index in [0.717, 1.165) is 58.4 Å². The van der Waals surface area contributed by atoms with Gasteiger partial charge >= 0.3 is 0 Å². The molecular weight excluding hydrogens is 308 g/mol. The van der Waals surface area contributed by atoms with Crippen LogP contribution in [0.4, 0.5) is 0 Å². The van der Waals surface area contributed by atoms with E-state index in [2.05, 4.69) is 20.8 Å². The average Bonchev–Trinajstić information content (AvgIpc) is 3.01. The van der Waals surface area contributed by atoms with Gasteiger partial charge in [-0.15, -0.1) is 0 Å². The Balaban J connectivity index is 1.40. The Hall–Kier alpha value is -1.79. The van der Waals surface area contributed by atoms with Crippen molar-refractivity contribution in [1.82, 2.24) is 20.8 Å². The summed E-state index contributed by atoms with van der Waals surface area (Å²) in [5.74, 6) is 0.749. The van der Waals surface area contributed by atoms with Crippen molar-refractivity contribution in [3.05, 3.63) is 28.8 Å². The van der Waals surface area contributed by atoms with E-state index in [9.17, 15) is 4.79 Å². The van der Waals surface area contributed by atoms with Crippen LogP contribution in [0, 0.1) is 5.92 Å². The number of amides is 1. The van der Waals surface area contributed by atoms with E-state index in [1.807, 2.05) is 24.3 Å². The number of rotatable bonds is 4. The highest BCUT2D eigenvalue weighted by Gasteiger charge is 2.21. The van der Waals surface area contributed by atoms with Crippen LogP contribution in [0.2, 0.25) is 0 Å². The van der Waals surface area contributed by atoms with Gasteiger partial charge in [0.05, 0.1) is 16.1 Å². The van der Waals surface area contributed by atoms with Crippen molar-refractivity contribution in [3.8, 4) is 0 Å². The Labute approximate surface area is 139 Å². The highest BCUT2D eigenvalue weighted by molar-refractivity contribution is 8.04. The summed E-state index contributed by atoms with van der Waals surface area (Å²) in [6.45, 7) is 2.96. The molecule has 0 aliphatic carbocycles. The first-order chi connectivity index (χ1) is 11.3. The fourth-order valence-corrected chi connectivity index (χ4v) is 4.33. The summed E-state index contributed by atoms with van der Waals surface area (Å²) in [7, 11) is 0.